The van der Waals surface area contributed by atoms with Crippen LogP contribution in [0.3, 0.4) is 0 Å². The van der Waals surface area contributed by atoms with E-state index in [1.807, 2.05) is 6.92 Å². The molecule has 0 aliphatic heterocycles. The molecule has 0 aliphatic rings. The topological polar surface area (TPSA) is 38.7 Å². The van der Waals surface area contributed by atoms with E-state index < -0.39 is 0 Å². The van der Waals surface area contributed by atoms with Gasteiger partial charge in [0.15, 0.2) is 0 Å². The minimum atomic E-state index is 0. The Morgan fingerprint density at radius 1 is 1.09 bits per heavy atom. The van der Waals surface area contributed by atoms with Crippen LogP contribution in [0.4, 0.5) is 0 Å². The standard InChI is InChI=1S/C6H14O3.ClH.Na/c1-2-8-5-6-9-4-3-7;;/h7H,2-6H2,1H3;1H;/q;;+1/p-1. The first kappa shape index (κ1) is 18.1. The summed E-state index contributed by atoms with van der Waals surface area (Å²) < 4.78 is 9.88. The zero-order valence-electron chi connectivity index (χ0n) is 7.18. The van der Waals surface area contributed by atoms with Crippen LogP contribution in [0, 0.1) is 0 Å². The van der Waals surface area contributed by atoms with Gasteiger partial charge in [0, 0.05) is 6.61 Å². The van der Waals surface area contributed by atoms with Gasteiger partial charge in [0.05, 0.1) is 26.4 Å². The van der Waals surface area contributed by atoms with E-state index in [4.69, 9.17) is 14.6 Å². The van der Waals surface area contributed by atoms with Gasteiger partial charge in [-0.05, 0) is 6.92 Å². The fourth-order valence-electron chi connectivity index (χ4n) is 0.429. The van der Waals surface area contributed by atoms with E-state index >= 15 is 0 Å². The van der Waals surface area contributed by atoms with E-state index in [2.05, 4.69) is 0 Å². The Bertz CT molecular complexity index is 51.1. The molecule has 0 radical (unpaired) electrons. The van der Waals surface area contributed by atoms with Gasteiger partial charge in [-0.1, -0.05) is 0 Å². The van der Waals surface area contributed by atoms with Crippen molar-refractivity contribution in [3.8, 4) is 0 Å². The predicted molar refractivity (Wildman–Crippen MR) is 34.4 cm³/mol. The van der Waals surface area contributed by atoms with Gasteiger partial charge in [0.1, 0.15) is 0 Å². The van der Waals surface area contributed by atoms with Crippen LogP contribution in [0.5, 0.6) is 0 Å². The minimum absolute atomic E-state index is 0. The Kier molecular flexibility index (Phi) is 28.4. The largest absolute Gasteiger partial charge is 1.00 e. The quantitative estimate of drug-likeness (QED) is 0.337. The zero-order valence-corrected chi connectivity index (χ0v) is 9.93. The van der Waals surface area contributed by atoms with E-state index in [1.165, 1.54) is 0 Å². The van der Waals surface area contributed by atoms with Gasteiger partial charge < -0.3 is 27.0 Å². The molecule has 0 spiro atoms. The molecular weight excluding hydrogens is 179 g/mol. The van der Waals surface area contributed by atoms with Crippen molar-refractivity contribution in [2.45, 2.75) is 6.92 Å². The molecule has 0 aliphatic carbocycles. The van der Waals surface area contributed by atoms with Crippen LogP contribution in [0.25, 0.3) is 0 Å². The number of aliphatic hydroxyl groups excluding tert-OH is 1. The molecular formula is C6H14ClNaO3. The Morgan fingerprint density at radius 2 is 1.64 bits per heavy atom. The van der Waals surface area contributed by atoms with Gasteiger partial charge in [-0.15, -0.1) is 0 Å². The first-order valence-corrected chi connectivity index (χ1v) is 3.18. The Balaban J connectivity index is -0.000000320. The Morgan fingerprint density at radius 3 is 2.09 bits per heavy atom. The third-order valence-corrected chi connectivity index (χ3v) is 0.812. The van der Waals surface area contributed by atoms with Crippen LogP contribution in [0.2, 0.25) is 0 Å². The second-order valence-electron chi connectivity index (χ2n) is 1.53. The number of ether oxygens (including phenoxy) is 2. The maximum atomic E-state index is 8.26. The van der Waals surface area contributed by atoms with E-state index in [0.717, 1.165) is 6.61 Å². The number of halogens is 1. The van der Waals surface area contributed by atoms with Gasteiger partial charge in [0.2, 0.25) is 0 Å². The summed E-state index contributed by atoms with van der Waals surface area (Å²) in [6.07, 6.45) is 0. The maximum Gasteiger partial charge on any atom is 1.00 e. The van der Waals surface area contributed by atoms with Gasteiger partial charge in [0.25, 0.3) is 0 Å². The summed E-state index contributed by atoms with van der Waals surface area (Å²) in [5.74, 6) is 0. The number of rotatable bonds is 6. The second-order valence-corrected chi connectivity index (χ2v) is 1.53. The summed E-state index contributed by atoms with van der Waals surface area (Å²) in [5.41, 5.74) is 0. The van der Waals surface area contributed by atoms with Crippen molar-refractivity contribution in [3.05, 3.63) is 0 Å². The molecule has 0 saturated carbocycles. The first-order valence-electron chi connectivity index (χ1n) is 3.18. The number of hydrogen-bond acceptors (Lipinski definition) is 3. The van der Waals surface area contributed by atoms with Crippen LogP contribution < -0.4 is 42.0 Å². The van der Waals surface area contributed by atoms with Gasteiger partial charge >= 0.3 is 29.6 Å². The summed E-state index contributed by atoms with van der Waals surface area (Å²) >= 11 is 0. The molecule has 0 atom stereocenters. The van der Waals surface area contributed by atoms with Crippen molar-refractivity contribution < 1.29 is 56.5 Å². The van der Waals surface area contributed by atoms with Gasteiger partial charge in [-0.2, -0.15) is 0 Å². The molecule has 64 valence electrons. The summed E-state index contributed by atoms with van der Waals surface area (Å²) in [5, 5.41) is 8.26. The van der Waals surface area contributed by atoms with E-state index in [1.54, 1.807) is 0 Å². The van der Waals surface area contributed by atoms with Gasteiger partial charge in [-0.25, -0.2) is 0 Å². The molecule has 0 bridgehead atoms. The number of hydrogen-bond donors (Lipinski definition) is 1. The molecule has 1 N–H and O–H groups in total. The fourth-order valence-corrected chi connectivity index (χ4v) is 0.429. The molecule has 0 rings (SSSR count). The third-order valence-electron chi connectivity index (χ3n) is 0.812. The van der Waals surface area contributed by atoms with Crippen LogP contribution in [-0.2, 0) is 9.47 Å². The van der Waals surface area contributed by atoms with E-state index in [-0.39, 0.29) is 48.6 Å². The summed E-state index contributed by atoms with van der Waals surface area (Å²) in [6.45, 7) is 4.36. The monoisotopic (exact) mass is 192 g/mol. The number of aliphatic hydroxyl groups is 1. The molecule has 0 aromatic rings. The predicted octanol–water partition coefficient (Wildman–Crippen LogP) is -5.96. The Hall–Kier alpha value is 1.17. The maximum absolute atomic E-state index is 8.26. The van der Waals surface area contributed by atoms with Crippen molar-refractivity contribution in [3.63, 3.8) is 0 Å². The molecule has 0 amide bonds. The summed E-state index contributed by atoms with van der Waals surface area (Å²) in [7, 11) is 0. The summed E-state index contributed by atoms with van der Waals surface area (Å²) in [6, 6.07) is 0. The molecule has 5 heteroatoms. The molecule has 11 heavy (non-hydrogen) atoms. The smallest absolute Gasteiger partial charge is 1.00 e. The molecule has 0 heterocycles. The molecule has 0 fully saturated rings. The molecule has 0 aromatic carbocycles. The third kappa shape index (κ3) is 18.3. The van der Waals surface area contributed by atoms with Crippen molar-refractivity contribution in [1.82, 2.24) is 0 Å². The summed E-state index contributed by atoms with van der Waals surface area (Å²) in [4.78, 5) is 0. The van der Waals surface area contributed by atoms with Crippen LogP contribution in [0.1, 0.15) is 6.92 Å². The minimum Gasteiger partial charge on any atom is -1.00 e. The zero-order chi connectivity index (χ0) is 6.95. The molecule has 0 unspecified atom stereocenters. The van der Waals surface area contributed by atoms with Gasteiger partial charge in [-0.3, -0.25) is 0 Å². The average molecular weight is 193 g/mol. The van der Waals surface area contributed by atoms with Crippen molar-refractivity contribution in [2.75, 3.05) is 33.0 Å². The van der Waals surface area contributed by atoms with Crippen molar-refractivity contribution in [1.29, 1.82) is 0 Å². The van der Waals surface area contributed by atoms with Crippen LogP contribution >= 0.6 is 0 Å². The van der Waals surface area contributed by atoms with E-state index in [0.29, 0.717) is 19.8 Å². The van der Waals surface area contributed by atoms with Crippen LogP contribution in [0.15, 0.2) is 0 Å². The van der Waals surface area contributed by atoms with Crippen LogP contribution in [-0.4, -0.2) is 38.1 Å². The first-order chi connectivity index (χ1) is 4.41. The second kappa shape index (κ2) is 17.3. The fraction of sp³-hybridized carbons (Fsp3) is 1.00. The SMILES string of the molecule is CCOCCOCCO.[Cl-].[Na+]. The van der Waals surface area contributed by atoms with Crippen molar-refractivity contribution >= 4 is 0 Å². The Labute approximate surface area is 96.2 Å². The molecule has 3 nitrogen and oxygen atoms in total. The van der Waals surface area contributed by atoms with E-state index in [9.17, 15) is 0 Å². The average Bonchev–Trinajstić information content (AvgIpc) is 1.89. The molecule has 0 saturated heterocycles. The normalized spacial score (nSPS) is 8.18. The molecule has 0 aromatic heterocycles. The van der Waals surface area contributed by atoms with Crippen molar-refractivity contribution in [2.24, 2.45) is 0 Å².